The first-order valence-electron chi connectivity index (χ1n) is 7.46. The van der Waals surface area contributed by atoms with E-state index in [0.717, 1.165) is 25.7 Å². The fourth-order valence-corrected chi connectivity index (χ4v) is 3.01. The quantitative estimate of drug-likeness (QED) is 0.852. The first-order valence-corrected chi connectivity index (χ1v) is 7.46. The van der Waals surface area contributed by atoms with Gasteiger partial charge in [0.1, 0.15) is 6.04 Å². The van der Waals surface area contributed by atoms with Gasteiger partial charge in [0.05, 0.1) is 6.61 Å². The summed E-state index contributed by atoms with van der Waals surface area (Å²) < 4.78 is 5.00. The number of hydrogen-bond acceptors (Lipinski definition) is 3. The number of amides is 2. The zero-order valence-electron chi connectivity index (χ0n) is 11.7. The summed E-state index contributed by atoms with van der Waals surface area (Å²) >= 11 is 0. The molecule has 2 fully saturated rings. The Balaban J connectivity index is 1.87. The molecule has 2 aliphatic rings. The molecule has 5 nitrogen and oxygen atoms in total. The van der Waals surface area contributed by atoms with E-state index in [9.17, 15) is 9.59 Å². The van der Waals surface area contributed by atoms with E-state index in [1.165, 1.54) is 19.3 Å². The van der Waals surface area contributed by atoms with Gasteiger partial charge in [0.25, 0.3) is 0 Å². The van der Waals surface area contributed by atoms with E-state index in [1.807, 2.05) is 0 Å². The molecule has 0 unspecified atom stereocenters. The van der Waals surface area contributed by atoms with Crippen LogP contribution in [0.25, 0.3) is 0 Å². The van der Waals surface area contributed by atoms with E-state index >= 15 is 0 Å². The van der Waals surface area contributed by atoms with Crippen LogP contribution < -0.4 is 5.32 Å². The van der Waals surface area contributed by atoms with Gasteiger partial charge in [-0.05, 0) is 32.6 Å². The molecule has 1 N–H and O–H groups in total. The van der Waals surface area contributed by atoms with E-state index in [4.69, 9.17) is 4.74 Å². The summed E-state index contributed by atoms with van der Waals surface area (Å²) in [5.41, 5.74) is 0. The van der Waals surface area contributed by atoms with Gasteiger partial charge in [0.2, 0.25) is 5.91 Å². The van der Waals surface area contributed by atoms with Crippen molar-refractivity contribution in [3.05, 3.63) is 0 Å². The Labute approximate surface area is 114 Å². The SMILES string of the molecule is CCOC(=O)N1CCC[C@H]1C(=O)NC1CCCCC1. The summed E-state index contributed by atoms with van der Waals surface area (Å²) in [5.74, 6) is -0.00236. The van der Waals surface area contributed by atoms with Crippen molar-refractivity contribution in [3.63, 3.8) is 0 Å². The molecule has 1 aliphatic heterocycles. The summed E-state index contributed by atoms with van der Waals surface area (Å²) in [6.07, 6.45) is 7.05. The minimum Gasteiger partial charge on any atom is -0.450 e. The Bertz CT molecular complexity index is 327. The molecule has 0 aromatic heterocycles. The average Bonchev–Trinajstić information content (AvgIpc) is 2.89. The van der Waals surface area contributed by atoms with Crippen molar-refractivity contribution in [3.8, 4) is 0 Å². The summed E-state index contributed by atoms with van der Waals surface area (Å²) in [6, 6.07) is -0.0353. The maximum atomic E-state index is 12.3. The van der Waals surface area contributed by atoms with Crippen LogP contribution in [0.2, 0.25) is 0 Å². The van der Waals surface area contributed by atoms with Crippen molar-refractivity contribution in [2.75, 3.05) is 13.2 Å². The van der Waals surface area contributed by atoms with E-state index in [1.54, 1.807) is 11.8 Å². The van der Waals surface area contributed by atoms with Crippen LogP contribution >= 0.6 is 0 Å². The number of likely N-dealkylation sites (tertiary alicyclic amines) is 1. The molecule has 1 heterocycles. The van der Waals surface area contributed by atoms with Crippen molar-refractivity contribution in [1.82, 2.24) is 10.2 Å². The van der Waals surface area contributed by atoms with Gasteiger partial charge < -0.3 is 10.1 Å². The lowest BCUT2D eigenvalue weighted by Crippen LogP contribution is -2.49. The summed E-state index contributed by atoms with van der Waals surface area (Å²) in [5, 5.41) is 3.10. The molecule has 0 aromatic rings. The van der Waals surface area contributed by atoms with Crippen LogP contribution in [-0.2, 0) is 9.53 Å². The van der Waals surface area contributed by atoms with Crippen LogP contribution in [0.5, 0.6) is 0 Å². The molecular weight excluding hydrogens is 244 g/mol. The van der Waals surface area contributed by atoms with Gasteiger partial charge in [0.15, 0.2) is 0 Å². The highest BCUT2D eigenvalue weighted by atomic mass is 16.6. The number of nitrogens with one attached hydrogen (secondary N) is 1. The molecular formula is C14H24N2O3. The Kier molecular flexibility index (Phi) is 5.05. The molecule has 108 valence electrons. The van der Waals surface area contributed by atoms with Crippen molar-refractivity contribution in [2.24, 2.45) is 0 Å². The summed E-state index contributed by atoms with van der Waals surface area (Å²) in [7, 11) is 0. The van der Waals surface area contributed by atoms with E-state index in [0.29, 0.717) is 19.2 Å². The third-order valence-corrected chi connectivity index (χ3v) is 4.01. The fraction of sp³-hybridized carbons (Fsp3) is 0.857. The monoisotopic (exact) mass is 268 g/mol. The van der Waals surface area contributed by atoms with Gasteiger partial charge in [0, 0.05) is 12.6 Å². The van der Waals surface area contributed by atoms with Crippen LogP contribution in [0.3, 0.4) is 0 Å². The van der Waals surface area contributed by atoms with E-state index in [2.05, 4.69) is 5.32 Å². The molecule has 0 spiro atoms. The standard InChI is InChI=1S/C14H24N2O3/c1-2-19-14(18)16-10-6-9-12(16)13(17)15-11-7-4-3-5-8-11/h11-12H,2-10H2,1H3,(H,15,17)/t12-/m0/s1. The average molecular weight is 268 g/mol. The number of carbonyl (C=O) groups excluding carboxylic acids is 2. The van der Waals surface area contributed by atoms with Gasteiger partial charge in [-0.1, -0.05) is 19.3 Å². The lowest BCUT2D eigenvalue weighted by molar-refractivity contribution is -0.126. The first-order chi connectivity index (χ1) is 9.22. The number of carbonyl (C=O) groups is 2. The Morgan fingerprint density at radius 3 is 2.58 bits per heavy atom. The number of rotatable bonds is 3. The molecule has 0 radical (unpaired) electrons. The molecule has 5 heteroatoms. The highest BCUT2D eigenvalue weighted by molar-refractivity contribution is 5.86. The lowest BCUT2D eigenvalue weighted by Gasteiger charge is -2.27. The lowest BCUT2D eigenvalue weighted by atomic mass is 9.95. The predicted octanol–water partition coefficient (Wildman–Crippen LogP) is 2.06. The number of hydrogen-bond donors (Lipinski definition) is 1. The van der Waals surface area contributed by atoms with Crippen molar-refractivity contribution >= 4 is 12.0 Å². The molecule has 2 amide bonds. The molecule has 0 bridgehead atoms. The predicted molar refractivity (Wildman–Crippen MR) is 71.8 cm³/mol. The highest BCUT2D eigenvalue weighted by Gasteiger charge is 2.35. The van der Waals surface area contributed by atoms with Crippen molar-refractivity contribution in [2.45, 2.75) is 64.0 Å². The minimum atomic E-state index is -0.358. The van der Waals surface area contributed by atoms with Gasteiger partial charge in [-0.15, -0.1) is 0 Å². The second kappa shape index (κ2) is 6.78. The first kappa shape index (κ1) is 14.2. The Morgan fingerprint density at radius 2 is 1.89 bits per heavy atom. The highest BCUT2D eigenvalue weighted by Crippen LogP contribution is 2.21. The van der Waals surface area contributed by atoms with Crippen LogP contribution in [0.15, 0.2) is 0 Å². The second-order valence-electron chi connectivity index (χ2n) is 5.39. The molecule has 1 saturated carbocycles. The third-order valence-electron chi connectivity index (χ3n) is 4.01. The van der Waals surface area contributed by atoms with E-state index < -0.39 is 0 Å². The smallest absolute Gasteiger partial charge is 0.410 e. The maximum Gasteiger partial charge on any atom is 0.410 e. The molecule has 19 heavy (non-hydrogen) atoms. The number of nitrogens with zero attached hydrogens (tertiary/aromatic N) is 1. The van der Waals surface area contributed by atoms with Gasteiger partial charge in [-0.25, -0.2) is 4.79 Å². The molecule has 2 rings (SSSR count). The topological polar surface area (TPSA) is 58.6 Å². The van der Waals surface area contributed by atoms with Crippen LogP contribution in [0.1, 0.15) is 51.9 Å². The molecule has 1 saturated heterocycles. The zero-order chi connectivity index (χ0) is 13.7. The second-order valence-corrected chi connectivity index (χ2v) is 5.39. The van der Waals surface area contributed by atoms with Crippen molar-refractivity contribution < 1.29 is 14.3 Å². The van der Waals surface area contributed by atoms with Gasteiger partial charge in [-0.3, -0.25) is 9.69 Å². The Morgan fingerprint density at radius 1 is 1.16 bits per heavy atom. The van der Waals surface area contributed by atoms with Gasteiger partial charge in [-0.2, -0.15) is 0 Å². The Hall–Kier alpha value is -1.26. The van der Waals surface area contributed by atoms with Crippen LogP contribution in [0.4, 0.5) is 4.79 Å². The fourth-order valence-electron chi connectivity index (χ4n) is 3.01. The van der Waals surface area contributed by atoms with Gasteiger partial charge >= 0.3 is 6.09 Å². The molecule has 1 atom stereocenters. The normalized spacial score (nSPS) is 24.3. The maximum absolute atomic E-state index is 12.3. The third kappa shape index (κ3) is 3.61. The zero-order valence-corrected chi connectivity index (χ0v) is 11.7. The summed E-state index contributed by atoms with van der Waals surface area (Å²) in [6.45, 7) is 2.76. The molecule has 0 aromatic carbocycles. The van der Waals surface area contributed by atoms with E-state index in [-0.39, 0.29) is 18.0 Å². The summed E-state index contributed by atoms with van der Waals surface area (Å²) in [4.78, 5) is 25.6. The number of ether oxygens (including phenoxy) is 1. The molecule has 1 aliphatic carbocycles. The minimum absolute atomic E-state index is 0.00236. The van der Waals surface area contributed by atoms with Crippen LogP contribution in [-0.4, -0.2) is 42.1 Å². The van der Waals surface area contributed by atoms with Crippen LogP contribution in [0, 0.1) is 0 Å². The largest absolute Gasteiger partial charge is 0.450 e. The van der Waals surface area contributed by atoms with Crippen molar-refractivity contribution in [1.29, 1.82) is 0 Å².